The molecule has 2 aliphatic rings. The van der Waals surface area contributed by atoms with E-state index in [2.05, 4.69) is 0 Å². The van der Waals surface area contributed by atoms with Crippen LogP contribution in [0.3, 0.4) is 0 Å². The number of benzene rings is 1. The molecule has 0 saturated heterocycles. The highest BCUT2D eigenvalue weighted by Crippen LogP contribution is 2.33. The van der Waals surface area contributed by atoms with Crippen molar-refractivity contribution in [1.29, 1.82) is 0 Å². The van der Waals surface area contributed by atoms with Crippen molar-refractivity contribution in [3.05, 3.63) is 64.1 Å². The maximum Gasteiger partial charge on any atom is 0.232 e. The van der Waals surface area contributed by atoms with E-state index in [0.29, 0.717) is 16.7 Å². The van der Waals surface area contributed by atoms with Crippen LogP contribution < -0.4 is 0 Å². The van der Waals surface area contributed by atoms with E-state index >= 15 is 0 Å². The second-order valence-corrected chi connectivity index (χ2v) is 5.15. The molecular formula is C18H16O5. The first-order valence-electron chi connectivity index (χ1n) is 7.16. The van der Waals surface area contributed by atoms with E-state index in [0.717, 1.165) is 5.56 Å². The lowest BCUT2D eigenvalue weighted by Gasteiger charge is -2.27. The van der Waals surface area contributed by atoms with Crippen LogP contribution in [0.2, 0.25) is 0 Å². The average molecular weight is 312 g/mol. The summed E-state index contributed by atoms with van der Waals surface area (Å²) < 4.78 is 15.6. The van der Waals surface area contributed by atoms with Gasteiger partial charge in [-0.05, 0) is 17.2 Å². The predicted molar refractivity (Wildman–Crippen MR) is 83.3 cm³/mol. The van der Waals surface area contributed by atoms with Crippen LogP contribution in [0.25, 0.3) is 6.08 Å². The highest BCUT2D eigenvalue weighted by Gasteiger charge is 2.39. The van der Waals surface area contributed by atoms with E-state index in [1.54, 1.807) is 0 Å². The van der Waals surface area contributed by atoms with Gasteiger partial charge in [-0.15, -0.1) is 0 Å². The van der Waals surface area contributed by atoms with E-state index in [9.17, 15) is 9.59 Å². The van der Waals surface area contributed by atoms with Gasteiger partial charge in [0.05, 0.1) is 27.4 Å². The van der Waals surface area contributed by atoms with Gasteiger partial charge in [0.1, 0.15) is 0 Å². The highest BCUT2D eigenvalue weighted by atomic mass is 16.5. The molecule has 0 aromatic heterocycles. The number of hydrogen-bond acceptors (Lipinski definition) is 5. The third-order valence-corrected chi connectivity index (χ3v) is 3.80. The van der Waals surface area contributed by atoms with E-state index in [1.165, 1.54) is 14.2 Å². The Bertz CT molecular complexity index is 753. The molecule has 0 bridgehead atoms. The van der Waals surface area contributed by atoms with Gasteiger partial charge in [-0.1, -0.05) is 30.3 Å². The summed E-state index contributed by atoms with van der Waals surface area (Å²) in [6, 6.07) is 9.57. The summed E-state index contributed by atoms with van der Waals surface area (Å²) in [7, 11) is 2.69. The van der Waals surface area contributed by atoms with Crippen LogP contribution in [0.5, 0.6) is 0 Å². The summed E-state index contributed by atoms with van der Waals surface area (Å²) >= 11 is 0. The zero-order valence-corrected chi connectivity index (χ0v) is 12.9. The molecule has 0 N–H and O–H groups in total. The number of Topliss-reactive ketones (excluding diaryl/α,β-unsaturated/α-hetero) is 2. The standard InChI is InChI=1S/C18H16O5/c1-21-17-15(19)13-10-23-9-12(8-11-6-4-3-5-7-11)14(13)16(20)18(17)22-2/h3-8H,9-10H2,1-2H3/b12-8+. The molecule has 3 rings (SSSR count). The lowest BCUT2D eigenvalue weighted by atomic mass is 9.85. The number of allylic oxidation sites excluding steroid dienone is 2. The summed E-state index contributed by atoms with van der Waals surface area (Å²) in [6.45, 7) is 0.363. The first-order valence-corrected chi connectivity index (χ1v) is 7.16. The van der Waals surface area contributed by atoms with Gasteiger partial charge in [0.15, 0.2) is 0 Å². The summed E-state index contributed by atoms with van der Waals surface area (Å²) in [5.74, 6) is -0.833. The molecule has 5 nitrogen and oxygen atoms in total. The van der Waals surface area contributed by atoms with Gasteiger partial charge < -0.3 is 14.2 Å². The van der Waals surface area contributed by atoms with Crippen molar-refractivity contribution in [2.75, 3.05) is 27.4 Å². The molecule has 0 unspecified atom stereocenters. The van der Waals surface area contributed by atoms with Crippen LogP contribution in [0.15, 0.2) is 58.6 Å². The summed E-state index contributed by atoms with van der Waals surface area (Å²) in [6.07, 6.45) is 1.85. The van der Waals surface area contributed by atoms with Gasteiger partial charge in [-0.2, -0.15) is 0 Å². The topological polar surface area (TPSA) is 61.8 Å². The quantitative estimate of drug-likeness (QED) is 0.799. The minimum atomic E-state index is -0.363. The van der Waals surface area contributed by atoms with Crippen molar-refractivity contribution < 1.29 is 23.8 Å². The van der Waals surface area contributed by atoms with Crippen molar-refractivity contribution in [2.24, 2.45) is 0 Å². The van der Waals surface area contributed by atoms with Crippen molar-refractivity contribution in [3.63, 3.8) is 0 Å². The zero-order chi connectivity index (χ0) is 16.4. The molecule has 118 valence electrons. The normalized spacial score (nSPS) is 20.0. The fraction of sp³-hybridized carbons (Fsp3) is 0.222. The maximum absolute atomic E-state index is 12.7. The van der Waals surface area contributed by atoms with Gasteiger partial charge in [0, 0.05) is 11.1 Å². The van der Waals surface area contributed by atoms with Gasteiger partial charge in [0.25, 0.3) is 0 Å². The third kappa shape index (κ3) is 2.59. The molecule has 1 aromatic rings. The van der Waals surface area contributed by atoms with Crippen molar-refractivity contribution in [2.45, 2.75) is 0 Å². The van der Waals surface area contributed by atoms with E-state index in [4.69, 9.17) is 14.2 Å². The molecule has 0 spiro atoms. The molecule has 1 aliphatic carbocycles. The lowest BCUT2D eigenvalue weighted by molar-refractivity contribution is -0.121. The van der Waals surface area contributed by atoms with Crippen LogP contribution >= 0.6 is 0 Å². The van der Waals surface area contributed by atoms with Crippen LogP contribution in [0.4, 0.5) is 0 Å². The zero-order valence-electron chi connectivity index (χ0n) is 12.9. The summed E-state index contributed by atoms with van der Waals surface area (Å²) in [4.78, 5) is 25.3. The second-order valence-electron chi connectivity index (χ2n) is 5.15. The Balaban J connectivity index is 2.11. The number of rotatable bonds is 3. The number of hydrogen-bond donors (Lipinski definition) is 0. The van der Waals surface area contributed by atoms with Gasteiger partial charge in [0.2, 0.25) is 23.1 Å². The summed E-state index contributed by atoms with van der Waals surface area (Å²) in [5, 5.41) is 0. The molecule has 23 heavy (non-hydrogen) atoms. The van der Waals surface area contributed by atoms with E-state index in [1.807, 2.05) is 36.4 Å². The monoisotopic (exact) mass is 312 g/mol. The Labute approximate surface area is 133 Å². The summed E-state index contributed by atoms with van der Waals surface area (Å²) in [5.41, 5.74) is 2.28. The fourth-order valence-electron chi connectivity index (χ4n) is 2.76. The Morgan fingerprint density at radius 3 is 2.26 bits per heavy atom. The molecule has 1 heterocycles. The number of carbonyl (C=O) groups excluding carboxylic acids is 2. The molecule has 0 fully saturated rings. The maximum atomic E-state index is 12.7. The van der Waals surface area contributed by atoms with Crippen LogP contribution in [-0.2, 0) is 23.8 Å². The number of ether oxygens (including phenoxy) is 3. The Morgan fingerprint density at radius 2 is 1.61 bits per heavy atom. The van der Waals surface area contributed by atoms with Crippen molar-refractivity contribution >= 4 is 17.6 Å². The molecule has 0 amide bonds. The van der Waals surface area contributed by atoms with Crippen LogP contribution in [0.1, 0.15) is 5.56 Å². The Kier molecular flexibility index (Phi) is 4.12. The Morgan fingerprint density at radius 1 is 0.957 bits per heavy atom. The number of methoxy groups -OCH3 is 2. The predicted octanol–water partition coefficient (Wildman–Crippen LogP) is 2.05. The third-order valence-electron chi connectivity index (χ3n) is 3.80. The van der Waals surface area contributed by atoms with Crippen molar-refractivity contribution in [1.82, 2.24) is 0 Å². The molecule has 0 saturated carbocycles. The SMILES string of the molecule is COC1=C(OC)C(=O)C2=C(COC/C2=C\c2ccccc2)C1=O. The largest absolute Gasteiger partial charge is 0.489 e. The molecule has 0 atom stereocenters. The van der Waals surface area contributed by atoms with Crippen LogP contribution in [0, 0.1) is 0 Å². The first-order chi connectivity index (χ1) is 11.2. The first kappa shape index (κ1) is 15.2. The minimum absolute atomic E-state index is 0.0582. The van der Waals surface area contributed by atoms with Crippen molar-refractivity contribution in [3.8, 4) is 0 Å². The molecule has 1 aliphatic heterocycles. The minimum Gasteiger partial charge on any atom is -0.489 e. The molecule has 5 heteroatoms. The highest BCUT2D eigenvalue weighted by molar-refractivity contribution is 6.26. The van der Waals surface area contributed by atoms with Gasteiger partial charge >= 0.3 is 0 Å². The fourth-order valence-corrected chi connectivity index (χ4v) is 2.76. The second kappa shape index (κ2) is 6.22. The number of carbonyl (C=O) groups is 2. The average Bonchev–Trinajstić information content (AvgIpc) is 2.58. The Hall–Kier alpha value is -2.66. The molecular weight excluding hydrogens is 296 g/mol. The molecule has 0 radical (unpaired) electrons. The van der Waals surface area contributed by atoms with E-state index < -0.39 is 0 Å². The van der Waals surface area contributed by atoms with E-state index in [-0.39, 0.29) is 36.3 Å². The smallest absolute Gasteiger partial charge is 0.232 e. The lowest BCUT2D eigenvalue weighted by Crippen LogP contribution is -2.32. The van der Waals surface area contributed by atoms with Gasteiger partial charge in [-0.3, -0.25) is 9.59 Å². The van der Waals surface area contributed by atoms with Gasteiger partial charge in [-0.25, -0.2) is 0 Å². The number of ketones is 2. The molecule has 1 aromatic carbocycles. The van der Waals surface area contributed by atoms with Crippen LogP contribution in [-0.4, -0.2) is 39.0 Å².